The Bertz CT molecular complexity index is 652. The van der Waals surface area contributed by atoms with Crippen molar-refractivity contribution in [3.8, 4) is 0 Å². The van der Waals surface area contributed by atoms with Gasteiger partial charge in [0.25, 0.3) is 0 Å². The molecular weight excluding hydrogens is 321 g/mol. The van der Waals surface area contributed by atoms with Crippen molar-refractivity contribution in [3.05, 3.63) is 35.4 Å². The predicted molar refractivity (Wildman–Crippen MR) is 72.7 cm³/mol. The van der Waals surface area contributed by atoms with Crippen LogP contribution in [0.15, 0.2) is 24.3 Å². The summed E-state index contributed by atoms with van der Waals surface area (Å²) in [4.78, 5) is 11.8. The van der Waals surface area contributed by atoms with Crippen LogP contribution in [0.1, 0.15) is 30.4 Å². The smallest absolute Gasteiger partial charge is 0.416 e. The fraction of sp³-hybridized carbons (Fsp3) is 0.500. The highest BCUT2D eigenvalue weighted by Crippen LogP contribution is 2.29. The summed E-state index contributed by atoms with van der Waals surface area (Å²) < 4.78 is 66.1. The van der Waals surface area contributed by atoms with Crippen LogP contribution in [0.25, 0.3) is 0 Å². The van der Waals surface area contributed by atoms with Crippen molar-refractivity contribution in [2.75, 3.05) is 5.75 Å². The van der Waals surface area contributed by atoms with Gasteiger partial charge in [0.2, 0.25) is 0 Å². The van der Waals surface area contributed by atoms with Gasteiger partial charge in [0.15, 0.2) is 15.1 Å². The number of halogens is 3. The van der Waals surface area contributed by atoms with Gasteiger partial charge >= 0.3 is 12.1 Å². The zero-order chi connectivity index (χ0) is 16.4. The van der Waals surface area contributed by atoms with Crippen LogP contribution in [0.4, 0.5) is 13.2 Å². The minimum atomic E-state index is -4.48. The second kappa shape index (κ2) is 6.28. The van der Waals surface area contributed by atoms with E-state index in [4.69, 9.17) is 4.74 Å². The number of ether oxygens (including phenoxy) is 1. The molecule has 8 heteroatoms. The number of alkyl halides is 3. The maximum absolute atomic E-state index is 12.6. The van der Waals surface area contributed by atoms with Gasteiger partial charge in [-0.1, -0.05) is 18.6 Å². The first kappa shape index (κ1) is 16.8. The number of hydrogen-bond acceptors (Lipinski definition) is 4. The molecular formula is C14H15F3O4S. The largest absolute Gasteiger partial charge is 0.460 e. The number of hydrogen-bond donors (Lipinski definition) is 0. The van der Waals surface area contributed by atoms with Gasteiger partial charge in [-0.15, -0.1) is 0 Å². The molecule has 0 N–H and O–H groups in total. The third-order valence-corrected chi connectivity index (χ3v) is 5.63. The molecule has 122 valence electrons. The lowest BCUT2D eigenvalue weighted by Crippen LogP contribution is -2.36. The molecule has 4 nitrogen and oxygen atoms in total. The van der Waals surface area contributed by atoms with Crippen LogP contribution >= 0.6 is 0 Å². The molecule has 1 atom stereocenters. The van der Waals surface area contributed by atoms with Gasteiger partial charge in [0.1, 0.15) is 6.61 Å². The van der Waals surface area contributed by atoms with E-state index in [2.05, 4.69) is 0 Å². The van der Waals surface area contributed by atoms with E-state index < -0.39 is 32.8 Å². The molecule has 1 unspecified atom stereocenters. The maximum atomic E-state index is 12.6. The van der Waals surface area contributed by atoms with Crippen LogP contribution in [0, 0.1) is 0 Å². The molecule has 2 rings (SSSR count). The van der Waals surface area contributed by atoms with Crippen LogP contribution in [-0.4, -0.2) is 25.4 Å². The summed E-state index contributed by atoms with van der Waals surface area (Å²) in [6.07, 6.45) is -3.15. The van der Waals surface area contributed by atoms with Crippen molar-refractivity contribution in [2.24, 2.45) is 0 Å². The third-order valence-electron chi connectivity index (χ3n) is 3.48. The summed E-state index contributed by atoms with van der Waals surface area (Å²) in [6.45, 7) is -0.380. The van der Waals surface area contributed by atoms with Crippen LogP contribution < -0.4 is 0 Å². The molecule has 22 heavy (non-hydrogen) atoms. The van der Waals surface area contributed by atoms with Crippen LogP contribution in [0.3, 0.4) is 0 Å². The Morgan fingerprint density at radius 1 is 1.27 bits per heavy atom. The Hall–Kier alpha value is -1.57. The molecule has 0 saturated carbocycles. The number of esters is 1. The van der Waals surface area contributed by atoms with Gasteiger partial charge in [-0.05, 0) is 30.5 Å². The lowest BCUT2D eigenvalue weighted by atomic mass is 10.1. The first-order valence-electron chi connectivity index (χ1n) is 6.74. The van der Waals surface area contributed by atoms with Crippen molar-refractivity contribution in [2.45, 2.75) is 37.3 Å². The average molecular weight is 336 g/mol. The normalized spacial score (nSPS) is 21.3. The van der Waals surface area contributed by atoms with Crippen molar-refractivity contribution < 1.29 is 31.1 Å². The van der Waals surface area contributed by atoms with Gasteiger partial charge in [0.05, 0.1) is 11.3 Å². The minimum Gasteiger partial charge on any atom is -0.460 e. The van der Waals surface area contributed by atoms with Gasteiger partial charge in [-0.2, -0.15) is 13.2 Å². The summed E-state index contributed by atoms with van der Waals surface area (Å²) in [6, 6.07) is 4.39. The highest BCUT2D eigenvalue weighted by atomic mass is 32.2. The number of benzene rings is 1. The van der Waals surface area contributed by atoms with E-state index in [9.17, 15) is 26.4 Å². The molecule has 0 radical (unpaired) electrons. The summed E-state index contributed by atoms with van der Waals surface area (Å²) in [5.74, 6) is -0.951. The van der Waals surface area contributed by atoms with E-state index in [0.717, 1.165) is 12.1 Å². The fourth-order valence-corrected chi connectivity index (χ4v) is 4.08. The molecule has 1 heterocycles. The lowest BCUT2D eigenvalue weighted by molar-refractivity contribution is -0.144. The topological polar surface area (TPSA) is 60.4 Å². The van der Waals surface area contributed by atoms with Gasteiger partial charge in [-0.25, -0.2) is 8.42 Å². The molecule has 0 bridgehead atoms. The SMILES string of the molecule is O=C(OCc1cccc(C(F)(F)F)c1)C1CCCCS1(=O)=O. The standard InChI is InChI=1S/C14H15F3O4S/c15-14(16,17)11-5-3-4-10(8-11)9-21-13(18)12-6-1-2-7-22(12,19)20/h3-5,8,12H,1-2,6-7,9H2. The average Bonchev–Trinajstić information content (AvgIpc) is 2.44. The highest BCUT2D eigenvalue weighted by molar-refractivity contribution is 7.92. The molecule has 0 spiro atoms. The molecule has 0 aliphatic carbocycles. The van der Waals surface area contributed by atoms with E-state index >= 15 is 0 Å². The van der Waals surface area contributed by atoms with Crippen LogP contribution in [0.5, 0.6) is 0 Å². The number of carbonyl (C=O) groups excluding carboxylic acids is 1. The molecule has 1 aliphatic rings. The summed E-state index contributed by atoms with van der Waals surface area (Å²) in [5, 5.41) is -1.20. The quantitative estimate of drug-likeness (QED) is 0.796. The van der Waals surface area contributed by atoms with Gasteiger partial charge in [0, 0.05) is 0 Å². The molecule has 1 aromatic carbocycles. The zero-order valence-electron chi connectivity index (χ0n) is 11.6. The Kier molecular flexibility index (Phi) is 4.79. The zero-order valence-corrected chi connectivity index (χ0v) is 12.4. The van der Waals surface area contributed by atoms with Gasteiger partial charge in [-0.3, -0.25) is 4.79 Å². The lowest BCUT2D eigenvalue weighted by Gasteiger charge is -2.20. The van der Waals surface area contributed by atoms with Crippen molar-refractivity contribution in [3.63, 3.8) is 0 Å². The number of sulfone groups is 1. The Labute approximate surface area is 126 Å². The van der Waals surface area contributed by atoms with Crippen molar-refractivity contribution in [1.29, 1.82) is 0 Å². The first-order chi connectivity index (χ1) is 10.2. The fourth-order valence-electron chi connectivity index (χ4n) is 2.30. The second-order valence-corrected chi connectivity index (χ2v) is 7.46. The minimum absolute atomic E-state index is 0.0592. The van der Waals surface area contributed by atoms with E-state index in [0.29, 0.717) is 12.8 Å². The van der Waals surface area contributed by atoms with E-state index in [1.54, 1.807) is 0 Å². The highest BCUT2D eigenvalue weighted by Gasteiger charge is 2.36. The van der Waals surface area contributed by atoms with E-state index in [1.807, 2.05) is 0 Å². The predicted octanol–water partition coefficient (Wildman–Crippen LogP) is 2.72. The second-order valence-electron chi connectivity index (χ2n) is 5.16. The molecule has 1 aromatic rings. The van der Waals surface area contributed by atoms with Crippen LogP contribution in [0.2, 0.25) is 0 Å². The van der Waals surface area contributed by atoms with Crippen molar-refractivity contribution >= 4 is 15.8 Å². The molecule has 1 saturated heterocycles. The third kappa shape index (κ3) is 4.00. The first-order valence-corrected chi connectivity index (χ1v) is 8.46. The van der Waals surface area contributed by atoms with E-state index in [-0.39, 0.29) is 24.3 Å². The molecule has 0 aromatic heterocycles. The Balaban J connectivity index is 2.02. The summed E-state index contributed by atoms with van der Waals surface area (Å²) in [5.41, 5.74) is -0.678. The van der Waals surface area contributed by atoms with Gasteiger partial charge < -0.3 is 4.74 Å². The number of carbonyl (C=O) groups is 1. The van der Waals surface area contributed by atoms with E-state index in [1.165, 1.54) is 12.1 Å². The van der Waals surface area contributed by atoms with Crippen molar-refractivity contribution in [1.82, 2.24) is 0 Å². The maximum Gasteiger partial charge on any atom is 0.416 e. The molecule has 0 amide bonds. The molecule has 1 fully saturated rings. The van der Waals surface area contributed by atoms with Crippen LogP contribution in [-0.2, 0) is 32.2 Å². The summed E-state index contributed by atoms with van der Waals surface area (Å²) in [7, 11) is -3.51. The number of rotatable bonds is 3. The summed E-state index contributed by atoms with van der Waals surface area (Å²) >= 11 is 0. The Morgan fingerprint density at radius 2 is 2.00 bits per heavy atom. The monoisotopic (exact) mass is 336 g/mol. The Morgan fingerprint density at radius 3 is 2.64 bits per heavy atom. The molecule has 1 aliphatic heterocycles.